The molecule has 1 unspecified atom stereocenters. The summed E-state index contributed by atoms with van der Waals surface area (Å²) in [5.74, 6) is -0.347. The van der Waals surface area contributed by atoms with E-state index in [2.05, 4.69) is 0 Å². The molecule has 0 saturated carbocycles. The van der Waals surface area contributed by atoms with Gasteiger partial charge in [0.05, 0.1) is 7.11 Å². The molecule has 8 heteroatoms. The lowest BCUT2D eigenvalue weighted by Gasteiger charge is -2.22. The maximum atomic E-state index is 13.2. The lowest BCUT2D eigenvalue weighted by atomic mass is 10.1. The van der Waals surface area contributed by atoms with Gasteiger partial charge in [-0.25, -0.2) is 4.39 Å². The predicted octanol–water partition coefficient (Wildman–Crippen LogP) is 4.74. The minimum absolute atomic E-state index is 0.0789. The molecule has 2 rings (SSSR count). The number of nitrogens with one attached hydrogen (secondary N) is 1. The van der Waals surface area contributed by atoms with Crippen LogP contribution in [0.1, 0.15) is 18.0 Å². The highest BCUT2D eigenvalue weighted by Gasteiger charge is 2.41. The summed E-state index contributed by atoms with van der Waals surface area (Å²) >= 11 is 1.35. The van der Waals surface area contributed by atoms with Crippen molar-refractivity contribution >= 4 is 17.7 Å². The quantitative estimate of drug-likeness (QED) is 0.551. The zero-order valence-electron chi connectivity index (χ0n) is 13.8. The number of rotatable bonds is 7. The second-order valence-electron chi connectivity index (χ2n) is 5.37. The van der Waals surface area contributed by atoms with Crippen LogP contribution in [-0.2, 0) is 4.79 Å². The van der Waals surface area contributed by atoms with Crippen LogP contribution in [0.25, 0.3) is 0 Å². The lowest BCUT2D eigenvalue weighted by molar-refractivity contribution is -0.163. The average molecular weight is 387 g/mol. The number of carbonyl (C=O) groups excluding carboxylic acids is 1. The van der Waals surface area contributed by atoms with Gasteiger partial charge in [0.25, 0.3) is 0 Å². The zero-order valence-corrected chi connectivity index (χ0v) is 14.7. The first-order valence-corrected chi connectivity index (χ1v) is 8.66. The molecular weight excluding hydrogens is 370 g/mol. The third-order valence-electron chi connectivity index (χ3n) is 3.49. The summed E-state index contributed by atoms with van der Waals surface area (Å²) in [5.41, 5.74) is -0.213. The van der Waals surface area contributed by atoms with E-state index in [4.69, 9.17) is 4.74 Å². The Bertz CT molecular complexity index is 717. The van der Waals surface area contributed by atoms with E-state index < -0.39 is 23.9 Å². The van der Waals surface area contributed by atoms with Crippen LogP contribution in [-0.4, -0.2) is 24.9 Å². The maximum Gasteiger partial charge on any atom is 0.412 e. The van der Waals surface area contributed by atoms with Gasteiger partial charge in [-0.3, -0.25) is 4.79 Å². The van der Waals surface area contributed by atoms with E-state index in [1.807, 2.05) is 5.32 Å². The molecule has 26 heavy (non-hydrogen) atoms. The first kappa shape index (κ1) is 20.1. The lowest BCUT2D eigenvalue weighted by Crippen LogP contribution is -2.38. The summed E-state index contributed by atoms with van der Waals surface area (Å²) in [4.78, 5) is 12.8. The highest BCUT2D eigenvalue weighted by molar-refractivity contribution is 7.99. The van der Waals surface area contributed by atoms with Crippen molar-refractivity contribution < 1.29 is 27.1 Å². The number of hydrogen-bond donors (Lipinski definition) is 1. The fraction of sp³-hybridized carbons (Fsp3) is 0.278. The van der Waals surface area contributed by atoms with Crippen LogP contribution in [0, 0.1) is 5.82 Å². The van der Waals surface area contributed by atoms with Crippen molar-refractivity contribution in [2.45, 2.75) is 23.5 Å². The topological polar surface area (TPSA) is 38.3 Å². The van der Waals surface area contributed by atoms with Gasteiger partial charge in [0.2, 0.25) is 5.91 Å². The van der Waals surface area contributed by atoms with Crippen LogP contribution in [0.5, 0.6) is 5.75 Å². The van der Waals surface area contributed by atoms with Crippen molar-refractivity contribution in [3.05, 3.63) is 59.9 Å². The van der Waals surface area contributed by atoms with E-state index >= 15 is 0 Å². The first-order chi connectivity index (χ1) is 12.3. The molecule has 0 radical (unpaired) electrons. The van der Waals surface area contributed by atoms with E-state index in [-0.39, 0.29) is 12.0 Å². The average Bonchev–Trinajstić information content (AvgIpc) is 2.60. The summed E-state index contributed by atoms with van der Waals surface area (Å²) in [5, 5.41) is 1.98. The van der Waals surface area contributed by atoms with Crippen molar-refractivity contribution in [3.8, 4) is 5.75 Å². The molecule has 0 heterocycles. The van der Waals surface area contributed by atoms with Crippen LogP contribution in [0.4, 0.5) is 17.6 Å². The summed E-state index contributed by atoms with van der Waals surface area (Å²) in [6, 6.07) is 8.85. The Morgan fingerprint density at radius 1 is 1.12 bits per heavy atom. The Kier molecular flexibility index (Phi) is 6.90. The monoisotopic (exact) mass is 387 g/mol. The molecule has 0 aromatic heterocycles. The number of thioether (sulfide) groups is 1. The maximum absolute atomic E-state index is 13.2. The highest BCUT2D eigenvalue weighted by Crippen LogP contribution is 2.33. The standard InChI is InChI=1S/C18H17F4NO2S/c1-25-14-6-8-15(9-7-14)26-11-10-16(24)23-17(18(20,21)22)12-2-4-13(19)5-3-12/h2-9,17H,10-11H2,1H3,(H,23,24). The molecule has 2 aromatic carbocycles. The molecule has 140 valence electrons. The van der Waals surface area contributed by atoms with E-state index in [9.17, 15) is 22.4 Å². The highest BCUT2D eigenvalue weighted by atomic mass is 32.2. The summed E-state index contributed by atoms with van der Waals surface area (Å²) in [6.07, 6.45) is -4.75. The summed E-state index contributed by atoms with van der Waals surface area (Å²) < 4.78 is 57.5. The molecule has 0 saturated heterocycles. The molecule has 0 aliphatic rings. The van der Waals surface area contributed by atoms with Crippen molar-refractivity contribution in [2.24, 2.45) is 0 Å². The van der Waals surface area contributed by atoms with Gasteiger partial charge >= 0.3 is 6.18 Å². The number of hydrogen-bond acceptors (Lipinski definition) is 3. The third kappa shape index (κ3) is 5.94. The smallest absolute Gasteiger partial charge is 0.412 e. The Hall–Kier alpha value is -2.22. The van der Waals surface area contributed by atoms with Crippen LogP contribution in [0.2, 0.25) is 0 Å². The minimum atomic E-state index is -4.67. The molecule has 3 nitrogen and oxygen atoms in total. The second-order valence-corrected chi connectivity index (χ2v) is 6.54. The van der Waals surface area contributed by atoms with Gasteiger partial charge in [0.15, 0.2) is 6.04 Å². The number of benzene rings is 2. The van der Waals surface area contributed by atoms with E-state index in [1.165, 1.54) is 11.8 Å². The fourth-order valence-corrected chi connectivity index (χ4v) is 3.03. The first-order valence-electron chi connectivity index (χ1n) is 7.68. The molecule has 0 fully saturated rings. The summed E-state index contributed by atoms with van der Waals surface area (Å²) in [7, 11) is 1.55. The van der Waals surface area contributed by atoms with E-state index in [1.54, 1.807) is 31.4 Å². The molecule has 1 amide bonds. The van der Waals surface area contributed by atoms with Crippen LogP contribution in [0.15, 0.2) is 53.4 Å². The van der Waals surface area contributed by atoms with Gasteiger partial charge in [0, 0.05) is 17.1 Å². The van der Waals surface area contributed by atoms with Gasteiger partial charge in [0.1, 0.15) is 11.6 Å². The number of alkyl halides is 3. The molecular formula is C18H17F4NO2S. The van der Waals surface area contributed by atoms with Crippen molar-refractivity contribution in [1.29, 1.82) is 0 Å². The summed E-state index contributed by atoms with van der Waals surface area (Å²) in [6.45, 7) is 0. The number of ether oxygens (including phenoxy) is 1. The van der Waals surface area contributed by atoms with Gasteiger partial charge in [-0.05, 0) is 42.0 Å². The van der Waals surface area contributed by atoms with Crippen LogP contribution in [0.3, 0.4) is 0 Å². The van der Waals surface area contributed by atoms with Gasteiger partial charge < -0.3 is 10.1 Å². The van der Waals surface area contributed by atoms with Gasteiger partial charge in [-0.1, -0.05) is 12.1 Å². The molecule has 0 spiro atoms. The SMILES string of the molecule is COc1ccc(SCCC(=O)NC(c2ccc(F)cc2)C(F)(F)F)cc1. The molecule has 0 bridgehead atoms. The van der Waals surface area contributed by atoms with E-state index in [0.29, 0.717) is 11.5 Å². The van der Waals surface area contributed by atoms with Crippen molar-refractivity contribution in [3.63, 3.8) is 0 Å². The third-order valence-corrected chi connectivity index (χ3v) is 4.51. The molecule has 0 aliphatic heterocycles. The number of amides is 1. The molecule has 1 N–H and O–H groups in total. The van der Waals surface area contributed by atoms with Gasteiger partial charge in [-0.2, -0.15) is 13.2 Å². The number of halogens is 4. The zero-order chi connectivity index (χ0) is 19.2. The number of carbonyl (C=O) groups is 1. The van der Waals surface area contributed by atoms with Crippen LogP contribution < -0.4 is 10.1 Å². The van der Waals surface area contributed by atoms with Crippen molar-refractivity contribution in [1.82, 2.24) is 5.32 Å². The fourth-order valence-electron chi connectivity index (χ4n) is 2.18. The minimum Gasteiger partial charge on any atom is -0.497 e. The Labute approximate surface area is 152 Å². The van der Waals surface area contributed by atoms with Crippen LogP contribution >= 0.6 is 11.8 Å². The predicted molar refractivity (Wildman–Crippen MR) is 91.7 cm³/mol. The Morgan fingerprint density at radius 2 is 1.73 bits per heavy atom. The number of methoxy groups -OCH3 is 1. The second kappa shape index (κ2) is 8.93. The van der Waals surface area contributed by atoms with Crippen molar-refractivity contribution in [2.75, 3.05) is 12.9 Å². The van der Waals surface area contributed by atoms with Gasteiger partial charge in [-0.15, -0.1) is 11.8 Å². The largest absolute Gasteiger partial charge is 0.497 e. The molecule has 2 aromatic rings. The molecule has 1 atom stereocenters. The molecule has 0 aliphatic carbocycles. The Morgan fingerprint density at radius 3 is 2.27 bits per heavy atom. The van der Waals surface area contributed by atoms with E-state index in [0.717, 1.165) is 29.2 Å². The normalized spacial score (nSPS) is 12.5. The Balaban J connectivity index is 1.91.